The van der Waals surface area contributed by atoms with Crippen molar-refractivity contribution in [2.24, 2.45) is 0 Å². The Morgan fingerprint density at radius 3 is 2.35 bits per heavy atom. The second-order valence-corrected chi connectivity index (χ2v) is 7.31. The number of rotatable bonds is 5. The molecule has 1 heterocycles. The molecular weight excluding hydrogens is 385 g/mol. The van der Waals surface area contributed by atoms with Crippen LogP contribution in [0.15, 0.2) is 63.9 Å². The van der Waals surface area contributed by atoms with Crippen molar-refractivity contribution in [1.82, 2.24) is 0 Å². The van der Waals surface area contributed by atoms with Crippen LogP contribution in [0.3, 0.4) is 0 Å². The van der Waals surface area contributed by atoms with E-state index in [4.69, 9.17) is 21.1 Å². The van der Waals surface area contributed by atoms with Crippen molar-refractivity contribution < 1.29 is 27.1 Å². The minimum atomic E-state index is -3.91. The summed E-state index contributed by atoms with van der Waals surface area (Å²) in [5.74, 6) is -1.76. The number of aromatic carboxylic acids is 1. The highest BCUT2D eigenvalue weighted by molar-refractivity contribution is 7.92. The van der Waals surface area contributed by atoms with E-state index >= 15 is 0 Å². The maximum Gasteiger partial charge on any atom is 0.371 e. The first kappa shape index (κ1) is 18.0. The zero-order chi connectivity index (χ0) is 18.9. The molecule has 2 aromatic carbocycles. The Kier molecular flexibility index (Phi) is 4.71. The number of furan rings is 1. The van der Waals surface area contributed by atoms with Gasteiger partial charge in [0.15, 0.2) is 0 Å². The van der Waals surface area contributed by atoms with Crippen LogP contribution in [0.4, 0.5) is 10.1 Å². The van der Waals surface area contributed by atoms with Crippen LogP contribution in [-0.4, -0.2) is 19.5 Å². The molecule has 1 aromatic heterocycles. The molecule has 0 saturated carbocycles. The number of hydrogen-bond acceptors (Lipinski definition) is 4. The number of nitrogens with one attached hydrogen (secondary N) is 1. The van der Waals surface area contributed by atoms with Crippen molar-refractivity contribution in [3.05, 3.63) is 71.2 Å². The number of hydrogen-bond donors (Lipinski definition) is 2. The molecule has 6 nitrogen and oxygen atoms in total. The zero-order valence-electron chi connectivity index (χ0n) is 12.9. The van der Waals surface area contributed by atoms with Gasteiger partial charge < -0.3 is 9.52 Å². The van der Waals surface area contributed by atoms with E-state index in [1.165, 1.54) is 30.3 Å². The molecule has 9 heteroatoms. The van der Waals surface area contributed by atoms with E-state index in [9.17, 15) is 17.6 Å². The maximum atomic E-state index is 12.9. The van der Waals surface area contributed by atoms with Gasteiger partial charge in [0, 0.05) is 5.56 Å². The van der Waals surface area contributed by atoms with Crippen LogP contribution in [-0.2, 0) is 10.0 Å². The van der Waals surface area contributed by atoms with E-state index in [1.807, 2.05) is 0 Å². The molecule has 3 aromatic rings. The molecule has 0 atom stereocenters. The molecule has 0 bridgehead atoms. The third kappa shape index (κ3) is 3.71. The van der Waals surface area contributed by atoms with Crippen molar-refractivity contribution in [3.63, 3.8) is 0 Å². The van der Waals surface area contributed by atoms with E-state index in [2.05, 4.69) is 4.72 Å². The summed E-state index contributed by atoms with van der Waals surface area (Å²) in [6.07, 6.45) is 0. The molecule has 0 fully saturated rings. The van der Waals surface area contributed by atoms with Crippen molar-refractivity contribution in [2.45, 2.75) is 4.90 Å². The molecule has 26 heavy (non-hydrogen) atoms. The van der Waals surface area contributed by atoms with Gasteiger partial charge in [0.05, 0.1) is 15.6 Å². The molecule has 0 aliphatic heterocycles. The van der Waals surface area contributed by atoms with E-state index in [0.717, 1.165) is 24.3 Å². The number of carboxylic acid groups (broad SMARTS) is 1. The monoisotopic (exact) mass is 395 g/mol. The van der Waals surface area contributed by atoms with Crippen LogP contribution >= 0.6 is 11.6 Å². The average molecular weight is 396 g/mol. The zero-order valence-corrected chi connectivity index (χ0v) is 14.5. The smallest absolute Gasteiger partial charge is 0.371 e. The molecule has 0 aliphatic rings. The normalized spacial score (nSPS) is 11.3. The van der Waals surface area contributed by atoms with Crippen molar-refractivity contribution in [1.29, 1.82) is 0 Å². The Hall–Kier alpha value is -2.84. The third-order valence-corrected chi connectivity index (χ3v) is 5.14. The lowest BCUT2D eigenvalue weighted by atomic mass is 10.1. The summed E-state index contributed by atoms with van der Waals surface area (Å²) < 4.78 is 45.0. The summed E-state index contributed by atoms with van der Waals surface area (Å²) in [4.78, 5) is 10.8. The number of sulfonamides is 1. The van der Waals surface area contributed by atoms with Gasteiger partial charge in [-0.3, -0.25) is 4.72 Å². The lowest BCUT2D eigenvalue weighted by molar-refractivity contribution is 0.0663. The van der Waals surface area contributed by atoms with Gasteiger partial charge in [0.1, 0.15) is 11.6 Å². The number of carbonyl (C=O) groups is 1. The highest BCUT2D eigenvalue weighted by atomic mass is 35.5. The SMILES string of the molecule is O=C(O)c1ccc(-c2ccc(NS(=O)(=O)c3ccc(F)cc3)cc2Cl)o1. The highest BCUT2D eigenvalue weighted by Gasteiger charge is 2.17. The molecule has 0 radical (unpaired) electrons. The predicted molar refractivity (Wildman–Crippen MR) is 93.3 cm³/mol. The summed E-state index contributed by atoms with van der Waals surface area (Å²) in [7, 11) is -3.91. The number of carboxylic acids is 1. The molecule has 3 rings (SSSR count). The van der Waals surface area contributed by atoms with Gasteiger partial charge in [0.2, 0.25) is 5.76 Å². The molecule has 0 spiro atoms. The fourth-order valence-electron chi connectivity index (χ4n) is 2.20. The maximum absolute atomic E-state index is 12.9. The first-order chi connectivity index (χ1) is 12.3. The summed E-state index contributed by atoms with van der Waals surface area (Å²) in [6.45, 7) is 0. The molecular formula is C17H11ClFNO5S. The standard InChI is InChI=1S/C17H11ClFNO5S/c18-14-9-11(20-26(23,24)12-4-1-10(19)2-5-12)3-6-13(14)15-7-8-16(25-15)17(21)22/h1-9,20H,(H,21,22). The van der Waals surface area contributed by atoms with Gasteiger partial charge in [-0.25, -0.2) is 17.6 Å². The molecule has 2 N–H and O–H groups in total. The Morgan fingerprint density at radius 1 is 1.08 bits per heavy atom. The minimum absolute atomic E-state index is 0.101. The van der Waals surface area contributed by atoms with Gasteiger partial charge in [0.25, 0.3) is 10.0 Å². The minimum Gasteiger partial charge on any atom is -0.475 e. The molecule has 0 aliphatic carbocycles. The van der Waals surface area contributed by atoms with Crippen LogP contribution in [0.2, 0.25) is 5.02 Å². The summed E-state index contributed by atoms with van der Waals surface area (Å²) in [5.41, 5.74) is 0.594. The second-order valence-electron chi connectivity index (χ2n) is 5.22. The van der Waals surface area contributed by atoms with Gasteiger partial charge in [-0.1, -0.05) is 11.6 Å². The molecule has 0 amide bonds. The average Bonchev–Trinajstić information content (AvgIpc) is 3.05. The van der Waals surface area contributed by atoms with Crippen molar-refractivity contribution in [3.8, 4) is 11.3 Å². The quantitative estimate of drug-likeness (QED) is 0.673. The summed E-state index contributed by atoms with van der Waals surface area (Å²) in [6, 6.07) is 11.4. The van der Waals surface area contributed by atoms with Gasteiger partial charge >= 0.3 is 5.97 Å². The molecule has 0 unspecified atom stereocenters. The van der Waals surface area contributed by atoms with Crippen LogP contribution in [0, 0.1) is 5.82 Å². The first-order valence-corrected chi connectivity index (χ1v) is 9.04. The number of halogens is 2. The Labute approximate surface area is 152 Å². The number of benzene rings is 2. The van der Waals surface area contributed by atoms with Crippen LogP contribution < -0.4 is 4.72 Å². The van der Waals surface area contributed by atoms with Crippen molar-refractivity contribution in [2.75, 3.05) is 4.72 Å². The Morgan fingerprint density at radius 2 is 1.77 bits per heavy atom. The highest BCUT2D eigenvalue weighted by Crippen LogP contribution is 2.32. The van der Waals surface area contributed by atoms with Crippen LogP contribution in [0.25, 0.3) is 11.3 Å². The van der Waals surface area contributed by atoms with E-state index in [0.29, 0.717) is 5.56 Å². The number of anilines is 1. The van der Waals surface area contributed by atoms with Gasteiger partial charge in [-0.2, -0.15) is 0 Å². The lowest BCUT2D eigenvalue weighted by Gasteiger charge is -2.10. The first-order valence-electron chi connectivity index (χ1n) is 7.18. The molecule has 134 valence electrons. The Bertz CT molecular complexity index is 1080. The van der Waals surface area contributed by atoms with E-state index < -0.39 is 21.8 Å². The van der Waals surface area contributed by atoms with Gasteiger partial charge in [-0.05, 0) is 54.6 Å². The fraction of sp³-hybridized carbons (Fsp3) is 0. The topological polar surface area (TPSA) is 96.6 Å². The predicted octanol–water partition coefficient (Wildman–Crippen LogP) is 4.24. The summed E-state index contributed by atoms with van der Waals surface area (Å²) in [5, 5.41) is 9.05. The lowest BCUT2D eigenvalue weighted by Crippen LogP contribution is -2.12. The largest absolute Gasteiger partial charge is 0.475 e. The van der Waals surface area contributed by atoms with Crippen LogP contribution in [0.1, 0.15) is 10.6 Å². The van der Waals surface area contributed by atoms with Crippen molar-refractivity contribution >= 4 is 33.3 Å². The van der Waals surface area contributed by atoms with E-state index in [-0.39, 0.29) is 27.1 Å². The third-order valence-electron chi connectivity index (χ3n) is 3.43. The Balaban J connectivity index is 1.87. The molecule has 0 saturated heterocycles. The fourth-order valence-corrected chi connectivity index (χ4v) is 3.53. The van der Waals surface area contributed by atoms with Crippen LogP contribution in [0.5, 0.6) is 0 Å². The second kappa shape index (κ2) is 6.81. The van der Waals surface area contributed by atoms with Gasteiger partial charge in [-0.15, -0.1) is 0 Å². The summed E-state index contributed by atoms with van der Waals surface area (Å²) >= 11 is 6.16. The van der Waals surface area contributed by atoms with E-state index in [1.54, 1.807) is 0 Å².